The van der Waals surface area contributed by atoms with Crippen molar-refractivity contribution in [3.8, 4) is 5.75 Å². The number of benzene rings is 1. The highest BCUT2D eigenvalue weighted by atomic mass is 19.1. The number of halogens is 1. The molecule has 2 aliphatic rings. The summed E-state index contributed by atoms with van der Waals surface area (Å²) in [6.07, 6.45) is 4.08. The molecule has 1 aromatic heterocycles. The highest BCUT2D eigenvalue weighted by Crippen LogP contribution is 2.27. The first-order valence-electron chi connectivity index (χ1n) is 11.5. The first kappa shape index (κ1) is 23.2. The molecule has 3 heterocycles. The fraction of sp³-hybridized carbons (Fsp3) is 0.542. The summed E-state index contributed by atoms with van der Waals surface area (Å²) in [5.74, 6) is 1.18. The molecule has 0 spiro atoms. The van der Waals surface area contributed by atoms with E-state index in [-0.39, 0.29) is 24.2 Å². The minimum Gasteiger partial charge on any atom is -0.489 e. The number of hydrogen-bond acceptors (Lipinski definition) is 7. The lowest BCUT2D eigenvalue weighted by molar-refractivity contribution is -0.119. The van der Waals surface area contributed by atoms with Gasteiger partial charge in [-0.1, -0.05) is 12.1 Å². The molecule has 33 heavy (non-hydrogen) atoms. The van der Waals surface area contributed by atoms with Gasteiger partial charge in [-0.15, -0.1) is 0 Å². The van der Waals surface area contributed by atoms with Crippen LogP contribution in [0.15, 0.2) is 30.5 Å². The van der Waals surface area contributed by atoms with Crippen molar-refractivity contribution < 1.29 is 18.7 Å². The van der Waals surface area contributed by atoms with E-state index in [4.69, 9.17) is 9.47 Å². The Kier molecular flexibility index (Phi) is 7.27. The zero-order valence-corrected chi connectivity index (χ0v) is 19.5. The molecule has 1 N–H and O–H groups in total. The van der Waals surface area contributed by atoms with Crippen molar-refractivity contribution in [1.29, 1.82) is 0 Å². The summed E-state index contributed by atoms with van der Waals surface area (Å²) in [5, 5.41) is 2.87. The Hall–Kier alpha value is -2.94. The van der Waals surface area contributed by atoms with Crippen molar-refractivity contribution in [2.45, 2.75) is 51.4 Å². The molecule has 2 aliphatic heterocycles. The van der Waals surface area contributed by atoms with Gasteiger partial charge in [0.1, 0.15) is 11.9 Å². The SMILES string of the molecule is COC1CCN(c2ncc(F)c(N3CC[C@@H](Oc4ccc([C@H](C)NC(C)=O)cc4)C3)n2)CC1. The zero-order chi connectivity index (χ0) is 23.4. The maximum absolute atomic E-state index is 14.6. The molecule has 2 aromatic rings. The van der Waals surface area contributed by atoms with Gasteiger partial charge in [0.05, 0.1) is 24.9 Å². The van der Waals surface area contributed by atoms with Crippen LogP contribution < -0.4 is 19.9 Å². The minimum absolute atomic E-state index is 0.0566. The summed E-state index contributed by atoms with van der Waals surface area (Å²) in [7, 11) is 1.74. The molecule has 2 fully saturated rings. The first-order valence-corrected chi connectivity index (χ1v) is 11.5. The first-order chi connectivity index (χ1) is 15.9. The van der Waals surface area contributed by atoms with Crippen molar-refractivity contribution in [3.05, 3.63) is 41.8 Å². The van der Waals surface area contributed by atoms with Crippen LogP contribution in [0.2, 0.25) is 0 Å². The normalized spacial score (nSPS) is 20.1. The summed E-state index contributed by atoms with van der Waals surface area (Å²) < 4.78 is 26.2. The van der Waals surface area contributed by atoms with Gasteiger partial charge in [-0.05, 0) is 37.5 Å². The fourth-order valence-corrected chi connectivity index (χ4v) is 4.45. The third-order valence-corrected chi connectivity index (χ3v) is 6.32. The van der Waals surface area contributed by atoms with Crippen molar-refractivity contribution in [3.63, 3.8) is 0 Å². The second kappa shape index (κ2) is 10.3. The number of carbonyl (C=O) groups is 1. The maximum atomic E-state index is 14.6. The summed E-state index contributed by atoms with van der Waals surface area (Å²) in [5.41, 5.74) is 1.01. The van der Waals surface area contributed by atoms with E-state index < -0.39 is 5.82 Å². The Morgan fingerprint density at radius 2 is 1.79 bits per heavy atom. The van der Waals surface area contributed by atoms with Crippen molar-refractivity contribution >= 4 is 17.7 Å². The maximum Gasteiger partial charge on any atom is 0.227 e. The zero-order valence-electron chi connectivity index (χ0n) is 19.5. The van der Waals surface area contributed by atoms with Crippen LogP contribution >= 0.6 is 0 Å². The van der Waals surface area contributed by atoms with Crippen LogP contribution in [0.5, 0.6) is 5.75 Å². The molecule has 4 rings (SSSR count). The number of hydrogen-bond donors (Lipinski definition) is 1. The monoisotopic (exact) mass is 457 g/mol. The van der Waals surface area contributed by atoms with Gasteiger partial charge in [-0.3, -0.25) is 4.79 Å². The van der Waals surface area contributed by atoms with Crippen LogP contribution in [-0.4, -0.2) is 61.4 Å². The average Bonchev–Trinajstić information content (AvgIpc) is 3.27. The van der Waals surface area contributed by atoms with Gasteiger partial charge in [0.15, 0.2) is 11.6 Å². The standard InChI is InChI=1S/C24H32FN5O3/c1-16(27-17(2)31)18-4-6-20(7-5-18)33-21-10-13-30(15-21)23-22(25)14-26-24(28-23)29-11-8-19(32-3)9-12-29/h4-7,14,16,19,21H,8-13,15H2,1-3H3,(H,27,31)/t16-,21+/m0/s1. The molecule has 0 unspecified atom stereocenters. The van der Waals surface area contributed by atoms with E-state index >= 15 is 0 Å². The molecule has 0 bridgehead atoms. The molecule has 1 aromatic carbocycles. The Balaban J connectivity index is 1.36. The number of rotatable bonds is 7. The van der Waals surface area contributed by atoms with Gasteiger partial charge >= 0.3 is 0 Å². The van der Waals surface area contributed by atoms with Gasteiger partial charge < -0.3 is 24.6 Å². The van der Waals surface area contributed by atoms with Crippen LogP contribution in [0, 0.1) is 5.82 Å². The van der Waals surface area contributed by atoms with E-state index in [9.17, 15) is 9.18 Å². The van der Waals surface area contributed by atoms with Crippen LogP contribution in [0.25, 0.3) is 0 Å². The number of nitrogens with one attached hydrogen (secondary N) is 1. The molecule has 2 atom stereocenters. The molecule has 2 saturated heterocycles. The highest BCUT2D eigenvalue weighted by Gasteiger charge is 2.29. The number of aromatic nitrogens is 2. The number of ether oxygens (including phenoxy) is 2. The summed E-state index contributed by atoms with van der Waals surface area (Å²) in [4.78, 5) is 24.1. The number of methoxy groups -OCH3 is 1. The lowest BCUT2D eigenvalue weighted by Crippen LogP contribution is -2.38. The lowest BCUT2D eigenvalue weighted by atomic mass is 10.1. The van der Waals surface area contributed by atoms with Crippen molar-refractivity contribution in [2.75, 3.05) is 43.1 Å². The average molecular weight is 458 g/mol. The van der Waals surface area contributed by atoms with E-state index in [0.717, 1.165) is 43.7 Å². The topological polar surface area (TPSA) is 79.8 Å². The summed E-state index contributed by atoms with van der Waals surface area (Å²) >= 11 is 0. The van der Waals surface area contributed by atoms with E-state index in [1.54, 1.807) is 7.11 Å². The Morgan fingerprint density at radius 3 is 2.45 bits per heavy atom. The predicted octanol–water partition coefficient (Wildman–Crippen LogP) is 3.09. The van der Waals surface area contributed by atoms with E-state index in [1.165, 1.54) is 13.1 Å². The lowest BCUT2D eigenvalue weighted by Gasteiger charge is -2.31. The van der Waals surface area contributed by atoms with Crippen LogP contribution in [-0.2, 0) is 9.53 Å². The largest absolute Gasteiger partial charge is 0.489 e. The van der Waals surface area contributed by atoms with Crippen molar-refractivity contribution in [2.24, 2.45) is 0 Å². The Labute approximate surface area is 194 Å². The number of carbonyl (C=O) groups excluding carboxylic acids is 1. The number of piperidine rings is 1. The number of anilines is 2. The molecule has 8 nitrogen and oxygen atoms in total. The molecular formula is C24H32FN5O3. The van der Waals surface area contributed by atoms with Gasteiger partial charge in [0.25, 0.3) is 0 Å². The summed E-state index contributed by atoms with van der Waals surface area (Å²) in [6.45, 7) is 6.27. The van der Waals surface area contributed by atoms with Gasteiger partial charge in [-0.2, -0.15) is 4.98 Å². The van der Waals surface area contributed by atoms with Crippen molar-refractivity contribution in [1.82, 2.24) is 15.3 Å². The third kappa shape index (κ3) is 5.71. The van der Waals surface area contributed by atoms with Crippen LogP contribution in [0.1, 0.15) is 44.7 Å². The Morgan fingerprint density at radius 1 is 1.12 bits per heavy atom. The molecule has 1 amide bonds. The fourth-order valence-electron chi connectivity index (χ4n) is 4.45. The minimum atomic E-state index is -0.414. The molecule has 9 heteroatoms. The van der Waals surface area contributed by atoms with Gasteiger partial charge in [0, 0.05) is 40.1 Å². The quantitative estimate of drug-likeness (QED) is 0.684. The smallest absolute Gasteiger partial charge is 0.227 e. The Bertz CT molecular complexity index is 950. The van der Waals surface area contributed by atoms with E-state index in [0.29, 0.717) is 24.9 Å². The van der Waals surface area contributed by atoms with Crippen LogP contribution in [0.4, 0.5) is 16.2 Å². The molecule has 178 valence electrons. The van der Waals surface area contributed by atoms with E-state index in [1.807, 2.05) is 36.1 Å². The van der Waals surface area contributed by atoms with E-state index in [2.05, 4.69) is 20.2 Å². The molecular weight excluding hydrogens is 425 g/mol. The van der Waals surface area contributed by atoms with Crippen LogP contribution in [0.3, 0.4) is 0 Å². The summed E-state index contributed by atoms with van der Waals surface area (Å²) in [6, 6.07) is 7.65. The highest BCUT2D eigenvalue weighted by molar-refractivity contribution is 5.73. The van der Waals surface area contributed by atoms with Gasteiger partial charge in [-0.25, -0.2) is 9.37 Å². The third-order valence-electron chi connectivity index (χ3n) is 6.32. The number of amides is 1. The number of nitrogens with zero attached hydrogens (tertiary/aromatic N) is 4. The second-order valence-corrected chi connectivity index (χ2v) is 8.73. The second-order valence-electron chi connectivity index (χ2n) is 8.73. The molecule has 0 aliphatic carbocycles. The predicted molar refractivity (Wildman–Crippen MR) is 124 cm³/mol. The molecule has 0 radical (unpaired) electrons. The molecule has 0 saturated carbocycles. The van der Waals surface area contributed by atoms with Gasteiger partial charge in [0.2, 0.25) is 11.9 Å².